The fourth-order valence-corrected chi connectivity index (χ4v) is 5.19. The normalized spacial score (nSPS) is 26.8. The van der Waals surface area contributed by atoms with Crippen LogP contribution in [0, 0.1) is 23.7 Å². The van der Waals surface area contributed by atoms with Gasteiger partial charge in [0.25, 0.3) is 0 Å². The summed E-state index contributed by atoms with van der Waals surface area (Å²) in [6, 6.07) is 3.90. The van der Waals surface area contributed by atoms with Crippen LogP contribution in [0.4, 0.5) is 18.9 Å². The minimum atomic E-state index is -4.27. The topological polar surface area (TPSA) is 29.5 Å². The summed E-state index contributed by atoms with van der Waals surface area (Å²) in [5.74, 6) is -1.03. The van der Waals surface area contributed by atoms with Crippen LogP contribution in [-0.4, -0.2) is 32.2 Å². The molecule has 3 unspecified atom stereocenters. The van der Waals surface area contributed by atoms with Crippen LogP contribution < -0.4 is 9.64 Å². The van der Waals surface area contributed by atoms with Gasteiger partial charge in [-0.25, -0.2) is 0 Å². The van der Waals surface area contributed by atoms with Gasteiger partial charge in [-0.15, -0.1) is 0 Å². The van der Waals surface area contributed by atoms with Crippen molar-refractivity contribution in [2.24, 2.45) is 23.7 Å². The summed E-state index contributed by atoms with van der Waals surface area (Å²) in [6.45, 7) is 5.80. The quantitative estimate of drug-likeness (QED) is 0.584. The first-order valence-corrected chi connectivity index (χ1v) is 11.1. The molecule has 0 aromatic heterocycles. The van der Waals surface area contributed by atoms with Crippen LogP contribution in [0.5, 0.6) is 5.75 Å². The second kappa shape index (κ2) is 8.36. The van der Waals surface area contributed by atoms with E-state index < -0.39 is 18.0 Å². The van der Waals surface area contributed by atoms with E-state index in [0.29, 0.717) is 35.6 Å². The number of anilines is 1. The zero-order chi connectivity index (χ0) is 22.3. The molecule has 4 rings (SSSR count). The number of hydrogen-bond donors (Lipinski definition) is 0. The molecule has 0 N–H and O–H groups in total. The Morgan fingerprint density at radius 1 is 1.16 bits per heavy atom. The van der Waals surface area contributed by atoms with Gasteiger partial charge in [-0.3, -0.25) is 4.79 Å². The molecule has 1 aromatic carbocycles. The summed E-state index contributed by atoms with van der Waals surface area (Å²) in [5, 5.41) is 0. The lowest BCUT2D eigenvalue weighted by Crippen LogP contribution is -2.33. The summed E-state index contributed by atoms with van der Waals surface area (Å²) in [6.07, 6.45) is 3.37. The predicted octanol–water partition coefficient (Wildman–Crippen LogP) is 5.99. The van der Waals surface area contributed by atoms with Crippen molar-refractivity contribution in [3.05, 3.63) is 47.1 Å². The zero-order valence-electron chi connectivity index (χ0n) is 18.3. The molecular formula is C25H30F3NO2. The molecule has 0 amide bonds. The van der Waals surface area contributed by atoms with E-state index in [0.717, 1.165) is 37.2 Å². The van der Waals surface area contributed by atoms with Gasteiger partial charge in [0.2, 0.25) is 0 Å². The number of ether oxygens (including phenoxy) is 1. The number of halogens is 3. The Morgan fingerprint density at radius 2 is 1.87 bits per heavy atom. The summed E-state index contributed by atoms with van der Waals surface area (Å²) in [4.78, 5) is 15.4. The van der Waals surface area contributed by atoms with Gasteiger partial charge in [0, 0.05) is 24.6 Å². The van der Waals surface area contributed by atoms with Crippen LogP contribution in [-0.2, 0) is 6.42 Å². The Labute approximate surface area is 182 Å². The summed E-state index contributed by atoms with van der Waals surface area (Å²) in [5.41, 5.74) is 3.36. The molecular weight excluding hydrogens is 403 g/mol. The van der Waals surface area contributed by atoms with E-state index in [4.69, 9.17) is 4.74 Å². The fraction of sp³-hybridized carbons (Fsp3) is 0.560. The van der Waals surface area contributed by atoms with E-state index in [1.54, 1.807) is 20.1 Å². The molecule has 0 spiro atoms. The highest BCUT2D eigenvalue weighted by molar-refractivity contribution is 6.03. The number of alkyl halides is 3. The third-order valence-corrected chi connectivity index (χ3v) is 7.24. The number of carbonyl (C=O) groups excluding carboxylic acids is 1. The highest BCUT2D eigenvalue weighted by Gasteiger charge is 2.44. The van der Waals surface area contributed by atoms with Crippen molar-refractivity contribution in [2.45, 2.75) is 45.7 Å². The fourth-order valence-electron chi connectivity index (χ4n) is 5.19. The predicted molar refractivity (Wildman–Crippen MR) is 116 cm³/mol. The van der Waals surface area contributed by atoms with E-state index in [-0.39, 0.29) is 11.7 Å². The van der Waals surface area contributed by atoms with E-state index in [1.807, 2.05) is 6.07 Å². The molecule has 1 heterocycles. The molecule has 168 valence electrons. The average molecular weight is 434 g/mol. The van der Waals surface area contributed by atoms with Crippen molar-refractivity contribution in [1.82, 2.24) is 0 Å². The third kappa shape index (κ3) is 4.26. The minimum Gasteiger partial charge on any atom is -0.495 e. The molecule has 0 bridgehead atoms. The standard InChI is InChI=1S/C25H30F3NO2/c1-15-7-9-29(10-8-15)22-13-18-12-19(24(30)20(18)14-23(22)31-3)11-17-5-4-6-21(16(17)2)25(26,27)28/h4-6,13-16,19,21H,7-12H2,1-3H3. The number of carbonyl (C=O) groups is 1. The summed E-state index contributed by atoms with van der Waals surface area (Å²) < 4.78 is 45.6. The van der Waals surface area contributed by atoms with Gasteiger partial charge in [0.05, 0.1) is 18.7 Å². The molecule has 3 nitrogen and oxygen atoms in total. The first-order chi connectivity index (χ1) is 14.7. The number of piperidine rings is 1. The van der Waals surface area contributed by atoms with Crippen molar-refractivity contribution in [3.63, 3.8) is 0 Å². The average Bonchev–Trinajstić information content (AvgIpc) is 3.03. The Bertz CT molecular complexity index is 910. The number of methoxy groups -OCH3 is 1. The van der Waals surface area contributed by atoms with Crippen LogP contribution in [0.25, 0.3) is 0 Å². The van der Waals surface area contributed by atoms with E-state index in [1.165, 1.54) is 12.2 Å². The number of rotatable bonds is 4. The second-order valence-electron chi connectivity index (χ2n) is 9.30. The molecule has 1 fully saturated rings. The smallest absolute Gasteiger partial charge is 0.395 e. The van der Waals surface area contributed by atoms with E-state index in [9.17, 15) is 18.0 Å². The number of fused-ring (bicyclic) bond motifs is 1. The van der Waals surface area contributed by atoms with E-state index in [2.05, 4.69) is 17.9 Å². The maximum absolute atomic E-state index is 13.3. The van der Waals surface area contributed by atoms with Gasteiger partial charge in [0.1, 0.15) is 5.75 Å². The number of Topliss-reactive ketones (excluding diaryl/α,β-unsaturated/α-hetero) is 1. The largest absolute Gasteiger partial charge is 0.495 e. The van der Waals surface area contributed by atoms with Gasteiger partial charge >= 0.3 is 6.18 Å². The Morgan fingerprint density at radius 3 is 2.52 bits per heavy atom. The van der Waals surface area contributed by atoms with Gasteiger partial charge in [-0.05, 0) is 55.2 Å². The van der Waals surface area contributed by atoms with Crippen LogP contribution in [0.2, 0.25) is 0 Å². The number of nitrogens with zero attached hydrogens (tertiary/aromatic N) is 1. The molecule has 1 aromatic rings. The van der Waals surface area contributed by atoms with Crippen LogP contribution in [0.15, 0.2) is 35.9 Å². The number of allylic oxidation sites excluding steroid dienone is 4. The van der Waals surface area contributed by atoms with Gasteiger partial charge in [-0.1, -0.05) is 37.6 Å². The van der Waals surface area contributed by atoms with Gasteiger partial charge in [-0.2, -0.15) is 13.2 Å². The monoisotopic (exact) mass is 433 g/mol. The SMILES string of the molecule is COc1cc2c(cc1N1CCC(C)CC1)CC(CC1=CC=CC(C(F)(F)F)C1C)C2=O. The lowest BCUT2D eigenvalue weighted by atomic mass is 9.79. The molecule has 1 aliphatic heterocycles. The first-order valence-electron chi connectivity index (χ1n) is 11.1. The number of ketones is 1. The van der Waals surface area contributed by atoms with Crippen LogP contribution >= 0.6 is 0 Å². The molecule has 2 aliphatic carbocycles. The number of hydrogen-bond acceptors (Lipinski definition) is 3. The maximum Gasteiger partial charge on any atom is 0.395 e. The van der Waals surface area contributed by atoms with Gasteiger partial charge < -0.3 is 9.64 Å². The Hall–Kier alpha value is -2.24. The first kappa shape index (κ1) is 22.0. The van der Waals surface area contributed by atoms with Crippen LogP contribution in [0.1, 0.15) is 49.0 Å². The third-order valence-electron chi connectivity index (χ3n) is 7.24. The van der Waals surface area contributed by atoms with Gasteiger partial charge in [0.15, 0.2) is 5.78 Å². The molecule has 3 atom stereocenters. The molecule has 31 heavy (non-hydrogen) atoms. The second-order valence-corrected chi connectivity index (χ2v) is 9.30. The van der Waals surface area contributed by atoms with Crippen LogP contribution in [0.3, 0.4) is 0 Å². The Kier molecular flexibility index (Phi) is 5.93. The Balaban J connectivity index is 1.54. The summed E-state index contributed by atoms with van der Waals surface area (Å²) in [7, 11) is 1.62. The molecule has 1 saturated heterocycles. The molecule has 3 aliphatic rings. The number of benzene rings is 1. The lowest BCUT2D eigenvalue weighted by Gasteiger charge is -2.33. The van der Waals surface area contributed by atoms with Crippen molar-refractivity contribution in [1.29, 1.82) is 0 Å². The highest BCUT2D eigenvalue weighted by atomic mass is 19.4. The van der Waals surface area contributed by atoms with Crippen molar-refractivity contribution >= 4 is 11.5 Å². The molecule has 0 radical (unpaired) electrons. The van der Waals surface area contributed by atoms with Crippen molar-refractivity contribution in [3.8, 4) is 5.75 Å². The van der Waals surface area contributed by atoms with Crippen molar-refractivity contribution in [2.75, 3.05) is 25.1 Å². The highest BCUT2D eigenvalue weighted by Crippen LogP contribution is 2.44. The zero-order valence-corrected chi connectivity index (χ0v) is 18.3. The summed E-state index contributed by atoms with van der Waals surface area (Å²) >= 11 is 0. The van der Waals surface area contributed by atoms with E-state index >= 15 is 0 Å². The minimum absolute atomic E-state index is 0.0123. The molecule has 0 saturated carbocycles. The lowest BCUT2D eigenvalue weighted by molar-refractivity contribution is -0.170. The maximum atomic E-state index is 13.3. The van der Waals surface area contributed by atoms with Crippen molar-refractivity contribution < 1.29 is 22.7 Å². The molecule has 6 heteroatoms.